The largest absolute Gasteiger partial charge is 0.343 e. The molecular weight excluding hydrogens is 390 g/mol. The van der Waals surface area contributed by atoms with Crippen LogP contribution in [0.15, 0.2) is 42.5 Å². The average Bonchev–Trinajstić information content (AvgIpc) is 3.01. The van der Waals surface area contributed by atoms with Gasteiger partial charge in [0.05, 0.1) is 18.5 Å². The molecule has 0 aliphatic carbocycles. The van der Waals surface area contributed by atoms with Gasteiger partial charge in [-0.05, 0) is 55.2 Å². The lowest BCUT2D eigenvalue weighted by atomic mass is 10.1. The van der Waals surface area contributed by atoms with Crippen LogP contribution < -0.4 is 14.9 Å². The van der Waals surface area contributed by atoms with Crippen LogP contribution in [0.25, 0.3) is 0 Å². The lowest BCUT2D eigenvalue weighted by molar-refractivity contribution is -0.115. The van der Waals surface area contributed by atoms with Crippen LogP contribution in [0.2, 0.25) is 0 Å². The topological polar surface area (TPSA) is 95.6 Å². The van der Waals surface area contributed by atoms with E-state index in [1.165, 1.54) is 10.6 Å². The number of hydrogen-bond donors (Lipinski definition) is 2. The minimum absolute atomic E-state index is 0.153. The SMILES string of the molecule is CCc1ccccc1NC(=O)CNC(=O)c1ccc2c(c1)C[C@H](C)N2S(C)(=O)=O. The van der Waals surface area contributed by atoms with Crippen LogP contribution in [-0.2, 0) is 27.7 Å². The summed E-state index contributed by atoms with van der Waals surface area (Å²) >= 11 is 0. The van der Waals surface area contributed by atoms with Gasteiger partial charge in [0.1, 0.15) is 0 Å². The molecule has 1 atom stereocenters. The van der Waals surface area contributed by atoms with Crippen LogP contribution >= 0.6 is 0 Å². The number of hydrogen-bond acceptors (Lipinski definition) is 4. The lowest BCUT2D eigenvalue weighted by Crippen LogP contribution is -2.34. The maximum Gasteiger partial charge on any atom is 0.251 e. The number of anilines is 2. The number of sulfonamides is 1. The first-order chi connectivity index (χ1) is 13.7. The number of para-hydroxylation sites is 1. The number of nitrogens with zero attached hydrogens (tertiary/aromatic N) is 1. The first-order valence-electron chi connectivity index (χ1n) is 9.49. The van der Waals surface area contributed by atoms with Crippen LogP contribution in [0.4, 0.5) is 11.4 Å². The van der Waals surface area contributed by atoms with E-state index in [4.69, 9.17) is 0 Å². The molecule has 2 aromatic carbocycles. The molecule has 29 heavy (non-hydrogen) atoms. The summed E-state index contributed by atoms with van der Waals surface area (Å²) in [7, 11) is -3.38. The summed E-state index contributed by atoms with van der Waals surface area (Å²) in [4.78, 5) is 24.7. The van der Waals surface area contributed by atoms with Crippen molar-refractivity contribution >= 4 is 33.2 Å². The maximum absolute atomic E-state index is 12.5. The Labute approximate surface area is 171 Å². The molecule has 0 radical (unpaired) electrons. The van der Waals surface area contributed by atoms with Gasteiger partial charge >= 0.3 is 0 Å². The number of nitrogens with one attached hydrogen (secondary N) is 2. The van der Waals surface area contributed by atoms with Gasteiger partial charge in [-0.1, -0.05) is 25.1 Å². The van der Waals surface area contributed by atoms with Gasteiger partial charge < -0.3 is 10.6 Å². The molecule has 0 spiro atoms. The Bertz CT molecular complexity index is 1050. The van der Waals surface area contributed by atoms with Crippen LogP contribution in [0.3, 0.4) is 0 Å². The molecule has 1 aliphatic heterocycles. The van der Waals surface area contributed by atoms with E-state index < -0.39 is 10.0 Å². The summed E-state index contributed by atoms with van der Waals surface area (Å²) in [6.07, 6.45) is 2.51. The van der Waals surface area contributed by atoms with Gasteiger partial charge in [0.2, 0.25) is 15.9 Å². The molecule has 3 rings (SSSR count). The third kappa shape index (κ3) is 4.59. The smallest absolute Gasteiger partial charge is 0.251 e. The summed E-state index contributed by atoms with van der Waals surface area (Å²) in [5.74, 6) is -0.686. The molecule has 1 heterocycles. The van der Waals surface area contributed by atoms with Crippen molar-refractivity contribution < 1.29 is 18.0 Å². The van der Waals surface area contributed by atoms with Crippen molar-refractivity contribution in [2.24, 2.45) is 0 Å². The number of carbonyl (C=O) groups excluding carboxylic acids is 2. The van der Waals surface area contributed by atoms with E-state index in [0.717, 1.165) is 23.2 Å². The summed E-state index contributed by atoms with van der Waals surface area (Å²) in [5, 5.41) is 5.43. The zero-order valence-electron chi connectivity index (χ0n) is 16.7. The van der Waals surface area contributed by atoms with Crippen LogP contribution in [-0.4, -0.2) is 39.1 Å². The Morgan fingerprint density at radius 1 is 1.17 bits per heavy atom. The number of aryl methyl sites for hydroxylation is 1. The third-order valence-electron chi connectivity index (χ3n) is 4.93. The first kappa shape index (κ1) is 20.9. The zero-order chi connectivity index (χ0) is 21.2. The first-order valence-corrected chi connectivity index (χ1v) is 11.3. The lowest BCUT2D eigenvalue weighted by Gasteiger charge is -2.21. The van der Waals surface area contributed by atoms with E-state index in [-0.39, 0.29) is 24.4 Å². The second-order valence-corrected chi connectivity index (χ2v) is 9.06. The van der Waals surface area contributed by atoms with Gasteiger partial charge in [0, 0.05) is 17.3 Å². The van der Waals surface area contributed by atoms with Crippen molar-refractivity contribution in [1.82, 2.24) is 5.32 Å². The van der Waals surface area contributed by atoms with Crippen molar-refractivity contribution in [2.75, 3.05) is 22.4 Å². The highest BCUT2D eigenvalue weighted by atomic mass is 32.2. The van der Waals surface area contributed by atoms with E-state index in [1.807, 2.05) is 38.1 Å². The van der Waals surface area contributed by atoms with Crippen molar-refractivity contribution in [2.45, 2.75) is 32.7 Å². The normalized spacial score (nSPS) is 15.7. The number of rotatable bonds is 6. The van der Waals surface area contributed by atoms with E-state index in [2.05, 4.69) is 10.6 Å². The standard InChI is InChI=1S/C21H25N3O4S/c1-4-15-7-5-6-8-18(15)23-20(25)13-22-21(26)16-9-10-19-17(12-16)11-14(2)24(19)29(3,27)28/h5-10,12,14H,4,11,13H2,1-3H3,(H,22,26)(H,23,25)/t14-/m0/s1. The highest BCUT2D eigenvalue weighted by Gasteiger charge is 2.32. The maximum atomic E-state index is 12.5. The Hall–Kier alpha value is -2.87. The second-order valence-electron chi connectivity index (χ2n) is 7.20. The fourth-order valence-corrected chi connectivity index (χ4v) is 4.92. The molecule has 2 amide bonds. The van der Waals surface area contributed by atoms with E-state index >= 15 is 0 Å². The fourth-order valence-electron chi connectivity index (χ4n) is 3.66. The summed E-state index contributed by atoms with van der Waals surface area (Å²) in [6, 6.07) is 12.3. The van der Waals surface area contributed by atoms with Gasteiger partial charge in [-0.2, -0.15) is 0 Å². The Morgan fingerprint density at radius 3 is 2.59 bits per heavy atom. The monoisotopic (exact) mass is 415 g/mol. The third-order valence-corrected chi connectivity index (χ3v) is 6.21. The van der Waals surface area contributed by atoms with Crippen molar-refractivity contribution in [1.29, 1.82) is 0 Å². The molecule has 154 valence electrons. The molecule has 0 fully saturated rings. The number of benzene rings is 2. The highest BCUT2D eigenvalue weighted by molar-refractivity contribution is 7.92. The van der Waals surface area contributed by atoms with E-state index in [1.54, 1.807) is 18.2 Å². The highest BCUT2D eigenvalue weighted by Crippen LogP contribution is 2.34. The second kappa shape index (κ2) is 8.24. The molecule has 8 heteroatoms. The molecule has 7 nitrogen and oxygen atoms in total. The van der Waals surface area contributed by atoms with Crippen molar-refractivity contribution in [3.63, 3.8) is 0 Å². The molecule has 1 aliphatic rings. The van der Waals surface area contributed by atoms with Gasteiger partial charge in [0.15, 0.2) is 0 Å². The van der Waals surface area contributed by atoms with Crippen LogP contribution in [0, 0.1) is 0 Å². The number of fused-ring (bicyclic) bond motifs is 1. The molecule has 0 saturated carbocycles. The van der Waals surface area contributed by atoms with E-state index in [9.17, 15) is 18.0 Å². The molecule has 0 saturated heterocycles. The Morgan fingerprint density at radius 2 is 1.90 bits per heavy atom. The van der Waals surface area contributed by atoms with Gasteiger partial charge in [0.25, 0.3) is 5.91 Å². The summed E-state index contributed by atoms with van der Waals surface area (Å²) in [5.41, 5.74) is 3.56. The minimum Gasteiger partial charge on any atom is -0.343 e. The Kier molecular flexibility index (Phi) is 5.93. The molecule has 0 aromatic heterocycles. The average molecular weight is 416 g/mol. The zero-order valence-corrected chi connectivity index (χ0v) is 17.5. The quantitative estimate of drug-likeness (QED) is 0.757. The summed E-state index contributed by atoms with van der Waals surface area (Å²) in [6.45, 7) is 3.69. The van der Waals surface area contributed by atoms with Crippen LogP contribution in [0.1, 0.15) is 35.3 Å². The molecule has 0 bridgehead atoms. The van der Waals surface area contributed by atoms with E-state index in [0.29, 0.717) is 17.7 Å². The Balaban J connectivity index is 1.65. The van der Waals surface area contributed by atoms with Crippen molar-refractivity contribution in [3.05, 3.63) is 59.2 Å². The van der Waals surface area contributed by atoms with Crippen LogP contribution in [0.5, 0.6) is 0 Å². The molecular formula is C21H25N3O4S. The molecule has 0 unspecified atom stereocenters. The van der Waals surface area contributed by atoms with Gasteiger partial charge in [-0.15, -0.1) is 0 Å². The number of amides is 2. The molecule has 2 aromatic rings. The van der Waals surface area contributed by atoms with Gasteiger partial charge in [-0.3, -0.25) is 13.9 Å². The molecule has 2 N–H and O–H groups in total. The predicted octanol–water partition coefficient (Wildman–Crippen LogP) is 2.33. The van der Waals surface area contributed by atoms with Crippen molar-refractivity contribution in [3.8, 4) is 0 Å². The van der Waals surface area contributed by atoms with Gasteiger partial charge in [-0.25, -0.2) is 8.42 Å². The number of carbonyl (C=O) groups is 2. The minimum atomic E-state index is -3.38. The predicted molar refractivity (Wildman–Crippen MR) is 114 cm³/mol. The summed E-state index contributed by atoms with van der Waals surface area (Å²) < 4.78 is 25.4. The fraction of sp³-hybridized carbons (Fsp3) is 0.333.